The average molecular weight is 493 g/mol. The third-order valence-electron chi connectivity index (χ3n) is 4.97. The highest BCUT2D eigenvalue weighted by molar-refractivity contribution is 14.0. The van der Waals surface area contributed by atoms with E-state index in [1.165, 1.54) is 0 Å². The Morgan fingerprint density at radius 1 is 1.22 bits per heavy atom. The van der Waals surface area contributed by atoms with Gasteiger partial charge >= 0.3 is 0 Å². The molecule has 0 amide bonds. The molecule has 9 heteroatoms. The van der Waals surface area contributed by atoms with Crippen molar-refractivity contribution in [3.05, 3.63) is 11.6 Å². The molecule has 156 valence electrons. The summed E-state index contributed by atoms with van der Waals surface area (Å²) in [5.74, 6) is 3.15. The van der Waals surface area contributed by atoms with Gasteiger partial charge in [0.25, 0.3) is 0 Å². The van der Waals surface area contributed by atoms with Crippen LogP contribution in [0.4, 0.5) is 0 Å². The number of morpholine rings is 1. The Morgan fingerprint density at radius 3 is 2.52 bits per heavy atom. The predicted molar refractivity (Wildman–Crippen MR) is 120 cm³/mol. The standard InChI is InChI=1S/C18H35N7O.HI/c1-14(2)15(3)21-18(20-13-17-23-22-16(4)24(17)5)19-7-6-8-25-9-11-26-12-10-25;/h14-15H,6-13H2,1-5H3,(H2,19,20,21);1H. The molecule has 0 aliphatic carbocycles. The van der Waals surface area contributed by atoms with Gasteiger partial charge in [-0.05, 0) is 32.7 Å². The van der Waals surface area contributed by atoms with Crippen LogP contribution in [0.2, 0.25) is 0 Å². The fourth-order valence-electron chi connectivity index (χ4n) is 2.61. The second-order valence-electron chi connectivity index (χ2n) is 7.30. The normalized spacial score (nSPS) is 16.9. The summed E-state index contributed by atoms with van der Waals surface area (Å²) in [7, 11) is 1.97. The van der Waals surface area contributed by atoms with Gasteiger partial charge in [0.15, 0.2) is 11.8 Å². The average Bonchev–Trinajstić information content (AvgIpc) is 2.95. The summed E-state index contributed by atoms with van der Waals surface area (Å²) in [5, 5.41) is 15.3. The summed E-state index contributed by atoms with van der Waals surface area (Å²) < 4.78 is 7.37. The second-order valence-corrected chi connectivity index (χ2v) is 7.30. The Balaban J connectivity index is 0.00000364. The fraction of sp³-hybridized carbons (Fsp3) is 0.833. The zero-order valence-electron chi connectivity index (χ0n) is 17.4. The largest absolute Gasteiger partial charge is 0.379 e. The summed E-state index contributed by atoms with van der Waals surface area (Å²) >= 11 is 0. The molecule has 1 saturated heterocycles. The molecule has 1 atom stereocenters. The van der Waals surface area contributed by atoms with Crippen LogP contribution in [0.15, 0.2) is 4.99 Å². The van der Waals surface area contributed by atoms with Gasteiger partial charge < -0.3 is 19.9 Å². The minimum absolute atomic E-state index is 0. The lowest BCUT2D eigenvalue weighted by Gasteiger charge is -2.26. The number of nitrogens with zero attached hydrogens (tertiary/aromatic N) is 5. The van der Waals surface area contributed by atoms with Crippen molar-refractivity contribution >= 4 is 29.9 Å². The Labute approximate surface area is 180 Å². The minimum Gasteiger partial charge on any atom is -0.379 e. The van der Waals surface area contributed by atoms with E-state index in [-0.39, 0.29) is 24.0 Å². The zero-order valence-corrected chi connectivity index (χ0v) is 19.7. The van der Waals surface area contributed by atoms with Gasteiger partial charge in [-0.15, -0.1) is 34.2 Å². The molecule has 2 heterocycles. The van der Waals surface area contributed by atoms with Gasteiger partial charge in [-0.3, -0.25) is 4.90 Å². The van der Waals surface area contributed by atoms with E-state index in [4.69, 9.17) is 9.73 Å². The number of halogens is 1. The van der Waals surface area contributed by atoms with Crippen LogP contribution >= 0.6 is 24.0 Å². The molecule has 1 fully saturated rings. The molecule has 0 bridgehead atoms. The van der Waals surface area contributed by atoms with Crippen LogP contribution in [0.25, 0.3) is 0 Å². The lowest BCUT2D eigenvalue weighted by molar-refractivity contribution is 0.0376. The summed E-state index contributed by atoms with van der Waals surface area (Å²) in [5.41, 5.74) is 0. The van der Waals surface area contributed by atoms with E-state index >= 15 is 0 Å². The predicted octanol–water partition coefficient (Wildman–Crippen LogP) is 1.54. The number of hydrogen-bond donors (Lipinski definition) is 2. The van der Waals surface area contributed by atoms with Crippen LogP contribution in [0.5, 0.6) is 0 Å². The summed E-state index contributed by atoms with van der Waals surface area (Å²) in [6.45, 7) is 14.8. The topological polar surface area (TPSA) is 79.6 Å². The van der Waals surface area contributed by atoms with Gasteiger partial charge in [-0.1, -0.05) is 13.8 Å². The van der Waals surface area contributed by atoms with Gasteiger partial charge in [-0.2, -0.15) is 0 Å². The number of rotatable bonds is 8. The van der Waals surface area contributed by atoms with Crippen LogP contribution in [0.1, 0.15) is 38.8 Å². The van der Waals surface area contributed by atoms with Crippen molar-refractivity contribution in [1.82, 2.24) is 30.3 Å². The molecular weight excluding hydrogens is 457 g/mol. The van der Waals surface area contributed by atoms with E-state index in [0.717, 1.165) is 63.4 Å². The number of hydrogen-bond acceptors (Lipinski definition) is 5. The highest BCUT2D eigenvalue weighted by Crippen LogP contribution is 2.02. The molecule has 2 N–H and O–H groups in total. The summed E-state index contributed by atoms with van der Waals surface area (Å²) in [4.78, 5) is 7.17. The molecule has 1 unspecified atom stereocenters. The van der Waals surface area contributed by atoms with Crippen molar-refractivity contribution in [2.24, 2.45) is 18.0 Å². The van der Waals surface area contributed by atoms with Crippen molar-refractivity contribution in [2.45, 2.75) is 46.7 Å². The summed E-state index contributed by atoms with van der Waals surface area (Å²) in [6.07, 6.45) is 1.08. The maximum atomic E-state index is 5.40. The van der Waals surface area contributed by atoms with Gasteiger partial charge in [0, 0.05) is 32.7 Å². The van der Waals surface area contributed by atoms with Gasteiger partial charge in [0.05, 0.1) is 13.2 Å². The second kappa shape index (κ2) is 12.5. The Hall–Kier alpha value is -0.940. The number of guanidine groups is 1. The summed E-state index contributed by atoms with van der Waals surface area (Å²) in [6, 6.07) is 0.349. The number of aliphatic imine (C=N–C) groups is 1. The monoisotopic (exact) mass is 493 g/mol. The first-order valence-corrected chi connectivity index (χ1v) is 9.67. The van der Waals surface area contributed by atoms with Crippen LogP contribution in [0.3, 0.4) is 0 Å². The van der Waals surface area contributed by atoms with Crippen molar-refractivity contribution in [1.29, 1.82) is 0 Å². The number of aromatic nitrogens is 3. The minimum atomic E-state index is 0. The first-order valence-electron chi connectivity index (χ1n) is 9.67. The van der Waals surface area contributed by atoms with Crippen molar-refractivity contribution in [3.63, 3.8) is 0 Å². The molecule has 27 heavy (non-hydrogen) atoms. The van der Waals surface area contributed by atoms with E-state index in [1.54, 1.807) is 0 Å². The first-order chi connectivity index (χ1) is 12.5. The molecule has 1 aromatic heterocycles. The third kappa shape index (κ3) is 8.30. The smallest absolute Gasteiger partial charge is 0.191 e. The molecule has 1 aromatic rings. The highest BCUT2D eigenvalue weighted by atomic mass is 127. The van der Waals surface area contributed by atoms with Crippen LogP contribution in [0, 0.1) is 12.8 Å². The fourth-order valence-corrected chi connectivity index (χ4v) is 2.61. The molecule has 0 spiro atoms. The SMILES string of the molecule is Cc1nnc(CN=C(NCCCN2CCOCC2)NC(C)C(C)C)n1C.I. The van der Waals surface area contributed by atoms with Crippen LogP contribution < -0.4 is 10.6 Å². The molecule has 0 aromatic carbocycles. The number of ether oxygens (including phenoxy) is 1. The van der Waals surface area contributed by atoms with Crippen LogP contribution in [-0.4, -0.2) is 71.1 Å². The Kier molecular flexibility index (Phi) is 11.2. The molecule has 1 aliphatic heterocycles. The van der Waals surface area contributed by atoms with E-state index in [9.17, 15) is 0 Å². The van der Waals surface area contributed by atoms with Crippen molar-refractivity contribution in [2.75, 3.05) is 39.4 Å². The van der Waals surface area contributed by atoms with E-state index < -0.39 is 0 Å². The van der Waals surface area contributed by atoms with E-state index in [2.05, 4.69) is 46.5 Å². The number of nitrogens with one attached hydrogen (secondary N) is 2. The maximum absolute atomic E-state index is 5.40. The Bertz CT molecular complexity index is 570. The molecule has 0 radical (unpaired) electrons. The van der Waals surface area contributed by atoms with E-state index in [1.807, 2.05) is 18.5 Å². The third-order valence-corrected chi connectivity index (χ3v) is 4.97. The number of aryl methyl sites for hydroxylation is 1. The lowest BCUT2D eigenvalue weighted by Crippen LogP contribution is -2.45. The lowest BCUT2D eigenvalue weighted by atomic mass is 10.1. The van der Waals surface area contributed by atoms with Gasteiger partial charge in [0.1, 0.15) is 12.4 Å². The van der Waals surface area contributed by atoms with Crippen LogP contribution in [-0.2, 0) is 18.3 Å². The molecular formula is C18H36IN7O. The Morgan fingerprint density at radius 2 is 1.93 bits per heavy atom. The molecule has 0 saturated carbocycles. The van der Waals surface area contributed by atoms with Crippen molar-refractivity contribution in [3.8, 4) is 0 Å². The molecule has 2 rings (SSSR count). The first kappa shape index (κ1) is 24.1. The van der Waals surface area contributed by atoms with Crippen molar-refractivity contribution < 1.29 is 4.74 Å². The quantitative estimate of drug-likeness (QED) is 0.248. The maximum Gasteiger partial charge on any atom is 0.191 e. The van der Waals surface area contributed by atoms with E-state index in [0.29, 0.717) is 18.5 Å². The zero-order chi connectivity index (χ0) is 18.9. The highest BCUT2D eigenvalue weighted by Gasteiger charge is 2.12. The molecule has 1 aliphatic rings. The molecule has 8 nitrogen and oxygen atoms in total. The van der Waals surface area contributed by atoms with Gasteiger partial charge in [0.2, 0.25) is 0 Å². The van der Waals surface area contributed by atoms with Gasteiger partial charge in [-0.25, -0.2) is 4.99 Å².